The Balaban J connectivity index is 2.40. The first-order valence-corrected chi connectivity index (χ1v) is 6.77. The van der Waals surface area contributed by atoms with Crippen LogP contribution in [-0.4, -0.2) is 48.6 Å². The third-order valence-corrected chi connectivity index (χ3v) is 3.18. The average Bonchev–Trinajstić information content (AvgIpc) is 2.39. The molecular weight excluding hydrogens is 232 g/mol. The zero-order valence-electron chi connectivity index (χ0n) is 11.6. The molecule has 0 radical (unpaired) electrons. The Hall–Kier alpha value is -1.10. The maximum absolute atomic E-state index is 12.1. The van der Waals surface area contributed by atoms with E-state index in [1.165, 1.54) is 6.42 Å². The Bertz CT molecular complexity index is 288. The van der Waals surface area contributed by atoms with E-state index < -0.39 is 6.04 Å². The molecule has 0 aromatic heterocycles. The molecule has 1 saturated heterocycles. The Labute approximate surface area is 109 Å². The van der Waals surface area contributed by atoms with Crippen LogP contribution in [0.3, 0.4) is 0 Å². The first-order chi connectivity index (χ1) is 8.56. The lowest BCUT2D eigenvalue weighted by Gasteiger charge is -2.30. The van der Waals surface area contributed by atoms with E-state index in [9.17, 15) is 9.59 Å². The topological polar surface area (TPSA) is 58.6 Å². The number of nitrogens with zero attached hydrogens (tertiary/aromatic N) is 1. The molecule has 5 nitrogen and oxygen atoms in total. The molecule has 18 heavy (non-hydrogen) atoms. The zero-order valence-corrected chi connectivity index (χ0v) is 11.6. The van der Waals surface area contributed by atoms with Gasteiger partial charge in [0, 0.05) is 13.1 Å². The molecule has 1 aliphatic heterocycles. The summed E-state index contributed by atoms with van der Waals surface area (Å²) in [5.74, 6) is -0.235. The Morgan fingerprint density at radius 1 is 1.17 bits per heavy atom. The van der Waals surface area contributed by atoms with E-state index >= 15 is 0 Å². The Morgan fingerprint density at radius 3 is 2.33 bits per heavy atom. The average molecular weight is 256 g/mol. The Morgan fingerprint density at radius 2 is 1.78 bits per heavy atom. The van der Waals surface area contributed by atoms with Gasteiger partial charge in [-0.1, -0.05) is 0 Å². The molecule has 0 saturated carbocycles. The van der Waals surface area contributed by atoms with E-state index in [0.717, 1.165) is 25.9 Å². The van der Waals surface area contributed by atoms with Gasteiger partial charge < -0.3 is 9.64 Å². The summed E-state index contributed by atoms with van der Waals surface area (Å²) in [6, 6.07) is -0.795. The lowest BCUT2D eigenvalue weighted by atomic mass is 10.1. The summed E-state index contributed by atoms with van der Waals surface area (Å²) in [5, 5.41) is 3.00. The summed E-state index contributed by atoms with van der Waals surface area (Å²) < 4.78 is 4.90. The number of carbonyl (C=O) groups is 2. The highest BCUT2D eigenvalue weighted by Gasteiger charge is 2.25. The lowest BCUT2D eigenvalue weighted by Crippen LogP contribution is -2.51. The maximum Gasteiger partial charge on any atom is 0.322 e. The van der Waals surface area contributed by atoms with Crippen LogP contribution < -0.4 is 5.32 Å². The third kappa shape index (κ3) is 4.29. The van der Waals surface area contributed by atoms with Gasteiger partial charge in [0.05, 0.1) is 12.6 Å². The van der Waals surface area contributed by atoms with Crippen LogP contribution in [0.25, 0.3) is 0 Å². The number of nitrogens with one attached hydrogen (secondary N) is 1. The Kier molecular flexibility index (Phi) is 6.12. The second-order valence-corrected chi connectivity index (χ2v) is 4.75. The molecule has 1 N–H and O–H groups in total. The van der Waals surface area contributed by atoms with Gasteiger partial charge in [-0.05, 0) is 40.0 Å². The predicted octanol–water partition coefficient (Wildman–Crippen LogP) is 0.929. The number of likely N-dealkylation sites (tertiary alicyclic amines) is 1. The summed E-state index contributed by atoms with van der Waals surface area (Å²) in [5.41, 5.74) is 0. The molecule has 0 aromatic carbocycles. The molecule has 0 spiro atoms. The highest BCUT2D eigenvalue weighted by atomic mass is 16.5. The van der Waals surface area contributed by atoms with E-state index in [1.807, 2.05) is 4.90 Å². The molecule has 1 amide bonds. The van der Waals surface area contributed by atoms with Crippen molar-refractivity contribution in [2.24, 2.45) is 0 Å². The van der Waals surface area contributed by atoms with Crippen molar-refractivity contribution in [3.8, 4) is 0 Å². The number of piperidine rings is 1. The van der Waals surface area contributed by atoms with Gasteiger partial charge in [0.15, 0.2) is 0 Å². The highest BCUT2D eigenvalue weighted by Crippen LogP contribution is 2.10. The molecule has 1 fully saturated rings. The standard InChI is InChI=1S/C13H24N2O3/c1-4-18-13(17)11(3)14-10(2)12(16)15-8-6-5-7-9-15/h10-11,14H,4-9H2,1-3H3. The van der Waals surface area contributed by atoms with Crippen LogP contribution in [0.5, 0.6) is 0 Å². The third-order valence-electron chi connectivity index (χ3n) is 3.18. The molecule has 104 valence electrons. The number of carbonyl (C=O) groups excluding carboxylic acids is 2. The minimum atomic E-state index is -0.450. The van der Waals surface area contributed by atoms with E-state index in [-0.39, 0.29) is 17.9 Å². The fourth-order valence-electron chi connectivity index (χ4n) is 2.17. The second-order valence-electron chi connectivity index (χ2n) is 4.75. The quantitative estimate of drug-likeness (QED) is 0.743. The number of hydrogen-bond acceptors (Lipinski definition) is 4. The first kappa shape index (κ1) is 15.0. The fraction of sp³-hybridized carbons (Fsp3) is 0.846. The van der Waals surface area contributed by atoms with Crippen LogP contribution in [0, 0.1) is 0 Å². The number of rotatable bonds is 5. The van der Waals surface area contributed by atoms with Crippen molar-refractivity contribution in [3.05, 3.63) is 0 Å². The molecule has 1 aliphatic rings. The molecule has 0 aliphatic carbocycles. The van der Waals surface area contributed by atoms with Crippen LogP contribution in [0.15, 0.2) is 0 Å². The summed E-state index contributed by atoms with van der Waals surface area (Å²) in [4.78, 5) is 25.5. The summed E-state index contributed by atoms with van der Waals surface area (Å²) in [6.07, 6.45) is 3.35. The SMILES string of the molecule is CCOC(=O)C(C)NC(C)C(=O)N1CCCCC1. The van der Waals surface area contributed by atoms with Gasteiger partial charge in [-0.25, -0.2) is 0 Å². The van der Waals surface area contributed by atoms with Crippen LogP contribution in [0.2, 0.25) is 0 Å². The van der Waals surface area contributed by atoms with Crippen molar-refractivity contribution in [1.82, 2.24) is 10.2 Å². The maximum atomic E-state index is 12.1. The normalized spacial score (nSPS) is 19.2. The van der Waals surface area contributed by atoms with Gasteiger partial charge in [0.2, 0.25) is 5.91 Å². The number of amides is 1. The summed E-state index contributed by atoms with van der Waals surface area (Å²) >= 11 is 0. The van der Waals surface area contributed by atoms with Gasteiger partial charge in [-0.2, -0.15) is 0 Å². The second kappa shape index (κ2) is 7.36. The van der Waals surface area contributed by atoms with E-state index in [0.29, 0.717) is 6.61 Å². The molecule has 1 rings (SSSR count). The zero-order chi connectivity index (χ0) is 13.5. The van der Waals surface area contributed by atoms with Crippen molar-refractivity contribution < 1.29 is 14.3 Å². The lowest BCUT2D eigenvalue weighted by molar-refractivity contribution is -0.145. The van der Waals surface area contributed by atoms with Crippen LogP contribution in [0.4, 0.5) is 0 Å². The minimum absolute atomic E-state index is 0.0749. The van der Waals surface area contributed by atoms with Crippen molar-refractivity contribution in [2.75, 3.05) is 19.7 Å². The van der Waals surface area contributed by atoms with Crippen molar-refractivity contribution in [3.63, 3.8) is 0 Å². The smallest absolute Gasteiger partial charge is 0.322 e. The van der Waals surface area contributed by atoms with E-state index in [4.69, 9.17) is 4.74 Å². The highest BCUT2D eigenvalue weighted by molar-refractivity contribution is 5.83. The van der Waals surface area contributed by atoms with E-state index in [1.54, 1.807) is 20.8 Å². The molecule has 2 unspecified atom stereocenters. The van der Waals surface area contributed by atoms with E-state index in [2.05, 4.69) is 5.32 Å². The predicted molar refractivity (Wildman–Crippen MR) is 69.1 cm³/mol. The number of hydrogen-bond donors (Lipinski definition) is 1. The van der Waals surface area contributed by atoms with Crippen molar-refractivity contribution in [2.45, 2.75) is 52.1 Å². The summed E-state index contributed by atoms with van der Waals surface area (Å²) in [7, 11) is 0. The van der Waals surface area contributed by atoms with Crippen LogP contribution in [-0.2, 0) is 14.3 Å². The number of esters is 1. The molecule has 0 bridgehead atoms. The molecular formula is C13H24N2O3. The van der Waals surface area contributed by atoms with Gasteiger partial charge in [0.25, 0.3) is 0 Å². The largest absolute Gasteiger partial charge is 0.465 e. The number of ether oxygens (including phenoxy) is 1. The molecule has 0 aromatic rings. The molecule has 5 heteroatoms. The van der Waals surface area contributed by atoms with Gasteiger partial charge >= 0.3 is 5.97 Å². The summed E-state index contributed by atoms with van der Waals surface area (Å²) in [6.45, 7) is 7.31. The van der Waals surface area contributed by atoms with Crippen LogP contribution in [0.1, 0.15) is 40.0 Å². The minimum Gasteiger partial charge on any atom is -0.465 e. The molecule has 2 atom stereocenters. The van der Waals surface area contributed by atoms with Gasteiger partial charge in [0.1, 0.15) is 6.04 Å². The monoisotopic (exact) mass is 256 g/mol. The molecule has 1 heterocycles. The fourth-order valence-corrected chi connectivity index (χ4v) is 2.17. The van der Waals surface area contributed by atoms with Crippen molar-refractivity contribution >= 4 is 11.9 Å². The van der Waals surface area contributed by atoms with Crippen LogP contribution >= 0.6 is 0 Å². The van der Waals surface area contributed by atoms with Gasteiger partial charge in [-0.15, -0.1) is 0 Å². The first-order valence-electron chi connectivity index (χ1n) is 6.77. The van der Waals surface area contributed by atoms with Crippen molar-refractivity contribution in [1.29, 1.82) is 0 Å². The van der Waals surface area contributed by atoms with Gasteiger partial charge in [-0.3, -0.25) is 14.9 Å².